The minimum Gasteiger partial charge on any atom is -0.355 e. The van der Waals surface area contributed by atoms with Crippen LogP contribution in [-0.2, 0) is 23.7 Å². The highest BCUT2D eigenvalue weighted by Gasteiger charge is 2.28. The van der Waals surface area contributed by atoms with E-state index in [1.54, 1.807) is 0 Å². The van der Waals surface area contributed by atoms with E-state index >= 15 is 0 Å². The molecule has 0 saturated heterocycles. The number of nitrogens with one attached hydrogen (secondary N) is 2. The summed E-state index contributed by atoms with van der Waals surface area (Å²) in [4.78, 5) is 12.0. The lowest BCUT2D eigenvalue weighted by Gasteiger charge is -2.18. The first-order valence-electron chi connectivity index (χ1n) is 10.1. The molecular weight excluding hydrogens is 342 g/mol. The molecule has 3 nitrogen and oxygen atoms in total. The van der Waals surface area contributed by atoms with Crippen LogP contribution in [0.3, 0.4) is 0 Å². The molecule has 2 aliphatic rings. The van der Waals surface area contributed by atoms with Gasteiger partial charge in [-0.1, -0.05) is 33.8 Å². The molecule has 142 valence electrons. The average molecular weight is 370 g/mol. The van der Waals surface area contributed by atoms with Crippen LogP contribution in [0.15, 0.2) is 54.6 Å². The highest BCUT2D eigenvalue weighted by molar-refractivity contribution is 5.63. The van der Waals surface area contributed by atoms with Crippen molar-refractivity contribution in [2.24, 2.45) is 0 Å². The lowest BCUT2D eigenvalue weighted by Crippen LogP contribution is -2.14. The zero-order chi connectivity index (χ0) is 19.5. The zero-order valence-corrected chi connectivity index (χ0v) is 17.1. The molecule has 0 spiro atoms. The molecule has 3 aromatic rings. The molecule has 8 bridgehead atoms. The fourth-order valence-electron chi connectivity index (χ4n) is 4.48. The normalized spacial score (nSPS) is 17.6. The summed E-state index contributed by atoms with van der Waals surface area (Å²) in [7, 11) is 0. The lowest BCUT2D eigenvalue weighted by atomic mass is 9.86. The van der Waals surface area contributed by atoms with E-state index in [1.807, 2.05) is 0 Å². The van der Waals surface area contributed by atoms with Crippen molar-refractivity contribution in [3.05, 3.63) is 77.1 Å². The van der Waals surface area contributed by atoms with Crippen molar-refractivity contribution in [1.82, 2.24) is 15.0 Å². The van der Waals surface area contributed by atoms with E-state index in [9.17, 15) is 0 Å². The summed E-state index contributed by atoms with van der Waals surface area (Å²) >= 11 is 0. The summed E-state index contributed by atoms with van der Waals surface area (Å²) in [5.74, 6) is 0. The first kappa shape index (κ1) is 17.3. The number of rotatable bonds is 0. The van der Waals surface area contributed by atoms with Crippen LogP contribution in [0.1, 0.15) is 50.2 Å². The molecule has 0 unspecified atom stereocenters. The second-order valence-corrected chi connectivity index (χ2v) is 9.60. The Morgan fingerprint density at radius 1 is 0.679 bits per heavy atom. The summed E-state index contributed by atoms with van der Waals surface area (Å²) in [6, 6.07) is 19.9. The molecule has 0 radical (unpaired) electrons. The van der Waals surface area contributed by atoms with Gasteiger partial charge in [0.15, 0.2) is 0 Å². The van der Waals surface area contributed by atoms with E-state index in [0.717, 1.165) is 46.3 Å². The molecule has 0 aromatic carbocycles. The molecule has 0 amide bonds. The number of hydrogen-bond donors (Lipinski definition) is 2. The number of aromatic amines is 2. The Labute approximate surface area is 165 Å². The SMILES string of the molecule is CC1(C)Cc2cc1cc1ccc(cc3nc(cc4ccc(c2)[nH]4)C(C)(C)C3)[nH]1. The van der Waals surface area contributed by atoms with Gasteiger partial charge in [0.05, 0.1) is 0 Å². The third kappa shape index (κ3) is 3.05. The third-order valence-electron chi connectivity index (χ3n) is 6.08. The molecule has 1 aliphatic carbocycles. The van der Waals surface area contributed by atoms with Crippen molar-refractivity contribution < 1.29 is 0 Å². The molecule has 0 saturated carbocycles. The fourth-order valence-corrected chi connectivity index (χ4v) is 4.48. The Kier molecular flexibility index (Phi) is 3.61. The Morgan fingerprint density at radius 3 is 2.00 bits per heavy atom. The molecule has 4 heterocycles. The van der Waals surface area contributed by atoms with Crippen molar-refractivity contribution in [3.63, 3.8) is 0 Å². The van der Waals surface area contributed by atoms with E-state index in [2.05, 4.69) is 92.3 Å². The fraction of sp³-hybridized carbons (Fsp3) is 0.320. The Morgan fingerprint density at radius 2 is 1.29 bits per heavy atom. The predicted molar refractivity (Wildman–Crippen MR) is 117 cm³/mol. The van der Waals surface area contributed by atoms with Gasteiger partial charge < -0.3 is 9.97 Å². The largest absolute Gasteiger partial charge is 0.355 e. The van der Waals surface area contributed by atoms with Crippen LogP contribution in [0.2, 0.25) is 0 Å². The van der Waals surface area contributed by atoms with Gasteiger partial charge in [0.1, 0.15) is 0 Å². The van der Waals surface area contributed by atoms with E-state index in [0.29, 0.717) is 0 Å². The molecule has 5 rings (SSSR count). The van der Waals surface area contributed by atoms with E-state index in [1.165, 1.54) is 11.1 Å². The van der Waals surface area contributed by atoms with Gasteiger partial charge in [-0.2, -0.15) is 0 Å². The summed E-state index contributed by atoms with van der Waals surface area (Å²) < 4.78 is 0. The zero-order valence-electron chi connectivity index (χ0n) is 17.1. The van der Waals surface area contributed by atoms with Gasteiger partial charge in [-0.15, -0.1) is 0 Å². The molecule has 3 aromatic heterocycles. The Balaban J connectivity index is 1.84. The predicted octanol–water partition coefficient (Wildman–Crippen LogP) is 5.96. The maximum atomic E-state index is 4.95. The summed E-state index contributed by atoms with van der Waals surface area (Å²) in [6.07, 6.45) is 2.00. The average Bonchev–Trinajstić information content (AvgIpc) is 3.32. The van der Waals surface area contributed by atoms with Crippen LogP contribution in [0.4, 0.5) is 0 Å². The van der Waals surface area contributed by atoms with Crippen LogP contribution < -0.4 is 0 Å². The molecule has 0 fully saturated rings. The minimum atomic E-state index is 0.0395. The van der Waals surface area contributed by atoms with Gasteiger partial charge in [-0.3, -0.25) is 4.98 Å². The second-order valence-electron chi connectivity index (χ2n) is 9.60. The molecule has 2 N–H and O–H groups in total. The highest BCUT2D eigenvalue weighted by atomic mass is 14.8. The van der Waals surface area contributed by atoms with Crippen molar-refractivity contribution in [3.8, 4) is 0 Å². The molecule has 0 atom stereocenters. The van der Waals surface area contributed by atoms with Gasteiger partial charge in [-0.25, -0.2) is 0 Å². The Bertz CT molecular complexity index is 1120. The van der Waals surface area contributed by atoms with Crippen molar-refractivity contribution in [2.45, 2.75) is 51.4 Å². The smallest absolute Gasteiger partial charge is 0.0487 e. The van der Waals surface area contributed by atoms with Gasteiger partial charge in [-0.05, 0) is 71.5 Å². The van der Waals surface area contributed by atoms with Gasteiger partial charge in [0.2, 0.25) is 0 Å². The van der Waals surface area contributed by atoms with Crippen molar-refractivity contribution >= 4 is 22.1 Å². The third-order valence-corrected chi connectivity index (χ3v) is 6.08. The lowest BCUT2D eigenvalue weighted by molar-refractivity contribution is 0.543. The highest BCUT2D eigenvalue weighted by Crippen LogP contribution is 2.34. The van der Waals surface area contributed by atoms with Gasteiger partial charge in [0, 0.05) is 45.3 Å². The topological polar surface area (TPSA) is 44.5 Å². The van der Waals surface area contributed by atoms with Gasteiger partial charge >= 0.3 is 0 Å². The van der Waals surface area contributed by atoms with Crippen LogP contribution in [0.25, 0.3) is 22.1 Å². The van der Waals surface area contributed by atoms with Crippen LogP contribution in [0, 0.1) is 0 Å². The summed E-state index contributed by atoms with van der Waals surface area (Å²) in [6.45, 7) is 9.18. The van der Waals surface area contributed by atoms with E-state index in [4.69, 9.17) is 4.98 Å². The monoisotopic (exact) mass is 369 g/mol. The van der Waals surface area contributed by atoms with Gasteiger partial charge in [0.25, 0.3) is 0 Å². The standard InChI is InChI=1S/C25H27N3/c1-24(2)14-16-9-17(24)11-19-6-7-20(27-19)12-22-15-25(3,4)23(28-22)13-21-8-5-18(10-16)26-21/h5-13,26-27H,14-15H2,1-4H3. The molecule has 1 aliphatic heterocycles. The quantitative estimate of drug-likeness (QED) is 0.504. The number of H-pyrrole nitrogens is 2. The summed E-state index contributed by atoms with van der Waals surface area (Å²) in [5, 5.41) is 0. The van der Waals surface area contributed by atoms with Crippen LogP contribution >= 0.6 is 0 Å². The molecular formula is C25H27N3. The molecule has 3 heteroatoms. The maximum Gasteiger partial charge on any atom is 0.0487 e. The number of fused-ring (bicyclic) bond motifs is 8. The molecule has 28 heavy (non-hydrogen) atoms. The van der Waals surface area contributed by atoms with E-state index < -0.39 is 0 Å². The van der Waals surface area contributed by atoms with Crippen molar-refractivity contribution in [1.29, 1.82) is 0 Å². The minimum absolute atomic E-state index is 0.0395. The number of nitrogens with zero attached hydrogens (tertiary/aromatic N) is 1. The Hall–Kier alpha value is -2.81. The van der Waals surface area contributed by atoms with Crippen LogP contribution in [-0.4, -0.2) is 15.0 Å². The first-order chi connectivity index (χ1) is 13.3. The first-order valence-corrected chi connectivity index (χ1v) is 10.1. The second kappa shape index (κ2) is 5.84. The van der Waals surface area contributed by atoms with E-state index in [-0.39, 0.29) is 10.8 Å². The van der Waals surface area contributed by atoms with Crippen molar-refractivity contribution in [2.75, 3.05) is 0 Å². The number of aromatic nitrogens is 3. The van der Waals surface area contributed by atoms with Crippen LogP contribution in [0.5, 0.6) is 0 Å². The summed E-state index contributed by atoms with van der Waals surface area (Å²) in [5.41, 5.74) is 9.70. The maximum absolute atomic E-state index is 4.95. The number of hydrogen-bond acceptors (Lipinski definition) is 1.